The summed E-state index contributed by atoms with van der Waals surface area (Å²) in [4.78, 5) is 24.2. The maximum absolute atomic E-state index is 12.1. The number of amides is 2. The molecule has 0 spiro atoms. The van der Waals surface area contributed by atoms with Crippen LogP contribution in [0, 0.1) is 11.3 Å². The minimum Gasteiger partial charge on any atom is -0.465 e. The van der Waals surface area contributed by atoms with E-state index in [1.807, 2.05) is 6.07 Å². The summed E-state index contributed by atoms with van der Waals surface area (Å²) in [5.41, 5.74) is 0.776. The fourth-order valence-corrected chi connectivity index (χ4v) is 1.93. The van der Waals surface area contributed by atoms with Crippen molar-refractivity contribution in [1.82, 2.24) is 4.90 Å². The van der Waals surface area contributed by atoms with Crippen LogP contribution in [-0.2, 0) is 22.6 Å². The number of carbonyl (C=O) groups is 2. The highest BCUT2D eigenvalue weighted by molar-refractivity contribution is 5.86. The second-order valence-electron chi connectivity index (χ2n) is 6.25. The van der Waals surface area contributed by atoms with Gasteiger partial charge in [0.05, 0.1) is 31.4 Å². The van der Waals surface area contributed by atoms with Crippen LogP contribution in [0.15, 0.2) is 30.9 Å². The van der Waals surface area contributed by atoms with Crippen molar-refractivity contribution >= 4 is 12.2 Å². The summed E-state index contributed by atoms with van der Waals surface area (Å²) in [6.07, 6.45) is -0.795. The van der Waals surface area contributed by atoms with E-state index in [1.54, 1.807) is 45.0 Å². The zero-order valence-corrected chi connectivity index (χ0v) is 14.6. The number of nitriles is 1. The first-order chi connectivity index (χ1) is 11.7. The lowest BCUT2D eigenvalue weighted by Gasteiger charge is -2.25. The van der Waals surface area contributed by atoms with Gasteiger partial charge >= 0.3 is 12.2 Å². The molecule has 0 saturated heterocycles. The van der Waals surface area contributed by atoms with Crippen LogP contribution in [0.25, 0.3) is 0 Å². The molecular formula is C18H22N2O5. The van der Waals surface area contributed by atoms with E-state index in [1.165, 1.54) is 0 Å². The zero-order chi connectivity index (χ0) is 19.0. The number of carbonyl (C=O) groups excluding carboxylic acids is 1. The number of ether oxygens (including phenoxy) is 2. The molecule has 1 aromatic carbocycles. The fourth-order valence-electron chi connectivity index (χ4n) is 1.93. The third-order valence-electron chi connectivity index (χ3n) is 3.00. The van der Waals surface area contributed by atoms with Gasteiger partial charge in [-0.25, -0.2) is 14.5 Å². The van der Waals surface area contributed by atoms with E-state index in [0.717, 1.165) is 0 Å². The van der Waals surface area contributed by atoms with Gasteiger partial charge in [0.25, 0.3) is 0 Å². The molecule has 0 radical (unpaired) electrons. The quantitative estimate of drug-likeness (QED) is 0.623. The standard InChI is InChI=1S/C18H22N2O5/c1-5-8-24-12-15-9-13(10-19)6-7-14(15)11-20(16(21)22)17(23)25-18(2,3)4/h5-7,9H,1,8,11-12H2,2-4H3,(H,21,22). The number of imide groups is 1. The first-order valence-corrected chi connectivity index (χ1v) is 7.62. The van der Waals surface area contributed by atoms with Crippen molar-refractivity contribution in [3.63, 3.8) is 0 Å². The molecule has 1 aromatic rings. The molecule has 0 aliphatic rings. The van der Waals surface area contributed by atoms with Gasteiger partial charge in [-0.15, -0.1) is 6.58 Å². The largest absolute Gasteiger partial charge is 0.465 e. The van der Waals surface area contributed by atoms with Gasteiger partial charge in [0.1, 0.15) is 5.60 Å². The van der Waals surface area contributed by atoms with Gasteiger partial charge in [0.15, 0.2) is 0 Å². The molecule has 7 nitrogen and oxygen atoms in total. The first-order valence-electron chi connectivity index (χ1n) is 7.62. The Morgan fingerprint density at radius 1 is 1.36 bits per heavy atom. The third-order valence-corrected chi connectivity index (χ3v) is 3.00. The smallest absolute Gasteiger partial charge is 0.420 e. The summed E-state index contributed by atoms with van der Waals surface area (Å²) >= 11 is 0. The van der Waals surface area contributed by atoms with Crippen LogP contribution in [0.3, 0.4) is 0 Å². The van der Waals surface area contributed by atoms with E-state index in [9.17, 15) is 14.7 Å². The highest BCUT2D eigenvalue weighted by Gasteiger charge is 2.27. The normalized spacial score (nSPS) is 10.6. The van der Waals surface area contributed by atoms with Gasteiger partial charge in [-0.05, 0) is 44.0 Å². The molecule has 0 saturated carbocycles. The fraction of sp³-hybridized carbons (Fsp3) is 0.389. The molecule has 0 fully saturated rings. The summed E-state index contributed by atoms with van der Waals surface area (Å²) in [6.45, 7) is 8.78. The van der Waals surface area contributed by atoms with Gasteiger partial charge in [0, 0.05) is 0 Å². The number of carboxylic acid groups (broad SMARTS) is 1. The van der Waals surface area contributed by atoms with Crippen molar-refractivity contribution in [3.05, 3.63) is 47.5 Å². The lowest BCUT2D eigenvalue weighted by atomic mass is 10.0. The number of benzene rings is 1. The molecule has 25 heavy (non-hydrogen) atoms. The van der Waals surface area contributed by atoms with E-state index >= 15 is 0 Å². The first kappa shape index (κ1) is 20.2. The summed E-state index contributed by atoms with van der Waals surface area (Å²) in [6, 6.07) is 6.78. The predicted octanol–water partition coefficient (Wildman–Crippen LogP) is 3.68. The van der Waals surface area contributed by atoms with Crippen LogP contribution < -0.4 is 0 Å². The van der Waals surface area contributed by atoms with Crippen molar-refractivity contribution < 1.29 is 24.2 Å². The van der Waals surface area contributed by atoms with Crippen molar-refractivity contribution in [2.75, 3.05) is 6.61 Å². The van der Waals surface area contributed by atoms with E-state index in [-0.39, 0.29) is 13.2 Å². The predicted molar refractivity (Wildman–Crippen MR) is 90.8 cm³/mol. The summed E-state index contributed by atoms with van der Waals surface area (Å²) in [7, 11) is 0. The maximum Gasteiger partial charge on any atom is 0.420 e. The Labute approximate surface area is 147 Å². The van der Waals surface area contributed by atoms with Crippen LogP contribution in [-0.4, -0.2) is 34.4 Å². The lowest BCUT2D eigenvalue weighted by Crippen LogP contribution is -2.39. The van der Waals surface area contributed by atoms with Crippen LogP contribution in [0.1, 0.15) is 37.5 Å². The van der Waals surface area contributed by atoms with E-state index in [4.69, 9.17) is 14.7 Å². The van der Waals surface area contributed by atoms with Gasteiger partial charge in [0.2, 0.25) is 0 Å². The summed E-state index contributed by atoms with van der Waals surface area (Å²) in [5, 5.41) is 18.4. The number of rotatable bonds is 6. The Morgan fingerprint density at radius 3 is 2.56 bits per heavy atom. The molecule has 0 unspecified atom stereocenters. The van der Waals surface area contributed by atoms with Crippen molar-refractivity contribution in [2.24, 2.45) is 0 Å². The molecule has 0 heterocycles. The number of hydrogen-bond donors (Lipinski definition) is 1. The Balaban J connectivity index is 3.07. The maximum atomic E-state index is 12.1. The van der Waals surface area contributed by atoms with Crippen molar-refractivity contribution in [2.45, 2.75) is 39.5 Å². The summed E-state index contributed by atoms with van der Waals surface area (Å²) < 4.78 is 10.5. The average molecular weight is 346 g/mol. The molecule has 1 N–H and O–H groups in total. The SMILES string of the molecule is C=CCOCc1cc(C#N)ccc1CN(C(=O)O)C(=O)OC(C)(C)C. The Morgan fingerprint density at radius 2 is 2.04 bits per heavy atom. The van der Waals surface area contributed by atoms with Gasteiger partial charge in [-0.3, -0.25) is 0 Å². The molecule has 7 heteroatoms. The minimum absolute atomic E-state index is 0.165. The van der Waals surface area contributed by atoms with E-state index < -0.39 is 17.8 Å². The van der Waals surface area contributed by atoms with E-state index in [0.29, 0.717) is 28.2 Å². The molecule has 0 aliphatic carbocycles. The van der Waals surface area contributed by atoms with Crippen molar-refractivity contribution in [3.8, 4) is 6.07 Å². The molecule has 134 valence electrons. The topological polar surface area (TPSA) is 99.9 Å². The van der Waals surface area contributed by atoms with Crippen LogP contribution in [0.2, 0.25) is 0 Å². The summed E-state index contributed by atoms with van der Waals surface area (Å²) in [5.74, 6) is 0. The zero-order valence-electron chi connectivity index (χ0n) is 14.6. The number of nitrogens with zero attached hydrogens (tertiary/aromatic N) is 2. The second-order valence-corrected chi connectivity index (χ2v) is 6.25. The minimum atomic E-state index is -1.42. The third kappa shape index (κ3) is 6.65. The Bertz CT molecular complexity index is 686. The molecule has 0 atom stereocenters. The highest BCUT2D eigenvalue weighted by atomic mass is 16.6. The van der Waals surface area contributed by atoms with E-state index in [2.05, 4.69) is 6.58 Å². The Kier molecular flexibility index (Phi) is 7.15. The monoisotopic (exact) mass is 346 g/mol. The van der Waals surface area contributed by atoms with Crippen LogP contribution in [0.5, 0.6) is 0 Å². The Hall–Kier alpha value is -2.85. The van der Waals surface area contributed by atoms with Gasteiger partial charge in [-0.2, -0.15) is 5.26 Å². The van der Waals surface area contributed by atoms with Crippen LogP contribution >= 0.6 is 0 Å². The second kappa shape index (κ2) is 8.85. The molecule has 0 aromatic heterocycles. The van der Waals surface area contributed by atoms with Gasteiger partial charge < -0.3 is 14.6 Å². The molecule has 0 bridgehead atoms. The molecular weight excluding hydrogens is 324 g/mol. The highest BCUT2D eigenvalue weighted by Crippen LogP contribution is 2.18. The molecule has 2 amide bonds. The average Bonchev–Trinajstić information content (AvgIpc) is 2.51. The molecule has 0 aliphatic heterocycles. The number of hydrogen-bond acceptors (Lipinski definition) is 5. The lowest BCUT2D eigenvalue weighted by molar-refractivity contribution is 0.0254. The van der Waals surface area contributed by atoms with Gasteiger partial charge in [-0.1, -0.05) is 12.1 Å². The van der Waals surface area contributed by atoms with Crippen molar-refractivity contribution in [1.29, 1.82) is 5.26 Å². The van der Waals surface area contributed by atoms with Crippen LogP contribution in [0.4, 0.5) is 9.59 Å². The molecule has 1 rings (SSSR count).